The topological polar surface area (TPSA) is 37.8 Å². The molecule has 0 bridgehead atoms. The largest absolute Gasteiger partial charge is 0.370 e. The SMILES string of the molecule is CCNc1cc(-c2ccc(C)cc2)nc(C)n1. The van der Waals surface area contributed by atoms with Gasteiger partial charge in [-0.2, -0.15) is 0 Å². The maximum absolute atomic E-state index is 4.46. The molecule has 0 aliphatic rings. The van der Waals surface area contributed by atoms with E-state index in [2.05, 4.69) is 53.4 Å². The Labute approximate surface area is 102 Å². The molecule has 0 spiro atoms. The Hall–Kier alpha value is -1.90. The predicted molar refractivity (Wildman–Crippen MR) is 71.1 cm³/mol. The molecule has 0 saturated heterocycles. The second-order valence-electron chi connectivity index (χ2n) is 4.08. The van der Waals surface area contributed by atoms with Gasteiger partial charge in [-0.25, -0.2) is 9.97 Å². The number of hydrogen-bond acceptors (Lipinski definition) is 3. The lowest BCUT2D eigenvalue weighted by atomic mass is 10.1. The first-order valence-corrected chi connectivity index (χ1v) is 5.85. The van der Waals surface area contributed by atoms with Crippen molar-refractivity contribution in [3.05, 3.63) is 41.7 Å². The standard InChI is InChI=1S/C14H17N3/c1-4-15-14-9-13(16-11(3)17-14)12-7-5-10(2)6-8-12/h5-9H,4H2,1-3H3,(H,15,16,17). The van der Waals surface area contributed by atoms with Gasteiger partial charge in [-0.3, -0.25) is 0 Å². The summed E-state index contributed by atoms with van der Waals surface area (Å²) in [6.07, 6.45) is 0. The zero-order valence-corrected chi connectivity index (χ0v) is 10.5. The van der Waals surface area contributed by atoms with E-state index in [0.717, 1.165) is 29.4 Å². The van der Waals surface area contributed by atoms with Crippen molar-refractivity contribution in [1.82, 2.24) is 9.97 Å². The van der Waals surface area contributed by atoms with Gasteiger partial charge in [0.15, 0.2) is 0 Å². The first-order chi connectivity index (χ1) is 8.19. The van der Waals surface area contributed by atoms with Crippen LogP contribution < -0.4 is 5.32 Å². The average molecular weight is 227 g/mol. The van der Waals surface area contributed by atoms with Crippen molar-refractivity contribution in [3.63, 3.8) is 0 Å². The highest BCUT2D eigenvalue weighted by molar-refractivity contribution is 5.62. The molecule has 1 heterocycles. The van der Waals surface area contributed by atoms with E-state index in [4.69, 9.17) is 0 Å². The molecule has 0 aliphatic heterocycles. The molecule has 17 heavy (non-hydrogen) atoms. The lowest BCUT2D eigenvalue weighted by molar-refractivity contribution is 1.04. The molecule has 0 radical (unpaired) electrons. The molecule has 0 saturated carbocycles. The van der Waals surface area contributed by atoms with Gasteiger partial charge in [-0.15, -0.1) is 0 Å². The van der Waals surface area contributed by atoms with E-state index in [1.807, 2.05) is 13.0 Å². The molecule has 2 aromatic rings. The van der Waals surface area contributed by atoms with Crippen LogP contribution in [0.3, 0.4) is 0 Å². The minimum atomic E-state index is 0.791. The van der Waals surface area contributed by atoms with Crippen molar-refractivity contribution in [2.24, 2.45) is 0 Å². The second-order valence-corrected chi connectivity index (χ2v) is 4.08. The summed E-state index contributed by atoms with van der Waals surface area (Å²) >= 11 is 0. The van der Waals surface area contributed by atoms with Gasteiger partial charge in [0.25, 0.3) is 0 Å². The van der Waals surface area contributed by atoms with Gasteiger partial charge in [-0.05, 0) is 20.8 Å². The molecule has 3 nitrogen and oxygen atoms in total. The lowest BCUT2D eigenvalue weighted by Crippen LogP contribution is -2.02. The minimum Gasteiger partial charge on any atom is -0.370 e. The third kappa shape index (κ3) is 2.81. The van der Waals surface area contributed by atoms with Crippen LogP contribution in [-0.4, -0.2) is 16.5 Å². The average Bonchev–Trinajstić information content (AvgIpc) is 2.29. The first-order valence-electron chi connectivity index (χ1n) is 5.85. The smallest absolute Gasteiger partial charge is 0.130 e. The Kier molecular flexibility index (Phi) is 3.38. The van der Waals surface area contributed by atoms with Crippen molar-refractivity contribution in [1.29, 1.82) is 0 Å². The fraction of sp³-hybridized carbons (Fsp3) is 0.286. The Bertz CT molecular complexity index is 503. The Morgan fingerprint density at radius 3 is 2.41 bits per heavy atom. The van der Waals surface area contributed by atoms with Crippen molar-refractivity contribution >= 4 is 5.82 Å². The van der Waals surface area contributed by atoms with E-state index in [1.165, 1.54) is 5.56 Å². The zero-order valence-electron chi connectivity index (χ0n) is 10.5. The minimum absolute atomic E-state index is 0.791. The molecule has 0 atom stereocenters. The Morgan fingerprint density at radius 1 is 1.06 bits per heavy atom. The Balaban J connectivity index is 2.40. The number of nitrogens with zero attached hydrogens (tertiary/aromatic N) is 2. The summed E-state index contributed by atoms with van der Waals surface area (Å²) in [4.78, 5) is 8.81. The summed E-state index contributed by atoms with van der Waals surface area (Å²) in [6, 6.07) is 10.4. The highest BCUT2D eigenvalue weighted by Crippen LogP contribution is 2.20. The molecule has 1 N–H and O–H groups in total. The van der Waals surface area contributed by atoms with Crippen molar-refractivity contribution in [2.75, 3.05) is 11.9 Å². The number of benzene rings is 1. The summed E-state index contributed by atoms with van der Waals surface area (Å²) in [6.45, 7) is 6.92. The summed E-state index contributed by atoms with van der Waals surface area (Å²) < 4.78 is 0. The van der Waals surface area contributed by atoms with E-state index < -0.39 is 0 Å². The lowest BCUT2D eigenvalue weighted by Gasteiger charge is -2.07. The molecule has 0 unspecified atom stereocenters. The third-order valence-electron chi connectivity index (χ3n) is 2.54. The van der Waals surface area contributed by atoms with Gasteiger partial charge in [0.2, 0.25) is 0 Å². The van der Waals surface area contributed by atoms with Gasteiger partial charge in [-0.1, -0.05) is 29.8 Å². The number of hydrogen-bond donors (Lipinski definition) is 1. The maximum Gasteiger partial charge on any atom is 0.130 e. The fourth-order valence-electron chi connectivity index (χ4n) is 1.71. The summed E-state index contributed by atoms with van der Waals surface area (Å²) in [5, 5.41) is 3.22. The summed E-state index contributed by atoms with van der Waals surface area (Å²) in [5.41, 5.74) is 3.35. The van der Waals surface area contributed by atoms with Crippen LogP contribution in [0.2, 0.25) is 0 Å². The third-order valence-corrected chi connectivity index (χ3v) is 2.54. The van der Waals surface area contributed by atoms with Crippen molar-refractivity contribution in [3.8, 4) is 11.3 Å². The molecule has 1 aromatic heterocycles. The van der Waals surface area contributed by atoms with Crippen LogP contribution in [0.15, 0.2) is 30.3 Å². The monoisotopic (exact) mass is 227 g/mol. The highest BCUT2D eigenvalue weighted by atomic mass is 15.0. The summed E-state index contributed by atoms with van der Waals surface area (Å²) in [7, 11) is 0. The van der Waals surface area contributed by atoms with Crippen LogP contribution >= 0.6 is 0 Å². The molecule has 1 aromatic carbocycles. The van der Waals surface area contributed by atoms with Gasteiger partial charge >= 0.3 is 0 Å². The number of aryl methyl sites for hydroxylation is 2. The number of anilines is 1. The molecular formula is C14H17N3. The van der Waals surface area contributed by atoms with Gasteiger partial charge in [0.1, 0.15) is 11.6 Å². The van der Waals surface area contributed by atoms with Gasteiger partial charge in [0.05, 0.1) is 5.69 Å². The number of nitrogens with one attached hydrogen (secondary N) is 1. The molecule has 0 amide bonds. The van der Waals surface area contributed by atoms with E-state index >= 15 is 0 Å². The van der Waals surface area contributed by atoms with Crippen LogP contribution in [0, 0.1) is 13.8 Å². The van der Waals surface area contributed by atoms with Crippen LogP contribution in [0.1, 0.15) is 18.3 Å². The molecule has 0 fully saturated rings. The quantitative estimate of drug-likeness (QED) is 0.875. The van der Waals surface area contributed by atoms with Crippen molar-refractivity contribution in [2.45, 2.75) is 20.8 Å². The molecular weight excluding hydrogens is 210 g/mol. The van der Waals surface area contributed by atoms with E-state index in [0.29, 0.717) is 0 Å². The molecule has 88 valence electrons. The fourth-order valence-corrected chi connectivity index (χ4v) is 1.71. The van der Waals surface area contributed by atoms with Crippen molar-refractivity contribution < 1.29 is 0 Å². The summed E-state index contributed by atoms with van der Waals surface area (Å²) in [5.74, 6) is 1.68. The van der Waals surface area contributed by atoms with E-state index in [1.54, 1.807) is 0 Å². The van der Waals surface area contributed by atoms with Crippen LogP contribution in [0.25, 0.3) is 11.3 Å². The van der Waals surface area contributed by atoms with Crippen LogP contribution in [-0.2, 0) is 0 Å². The zero-order chi connectivity index (χ0) is 12.3. The molecule has 0 aliphatic carbocycles. The maximum atomic E-state index is 4.46. The van der Waals surface area contributed by atoms with Crippen LogP contribution in [0.5, 0.6) is 0 Å². The number of rotatable bonds is 3. The number of aromatic nitrogens is 2. The molecule has 3 heteroatoms. The van der Waals surface area contributed by atoms with Gasteiger partial charge < -0.3 is 5.32 Å². The second kappa shape index (κ2) is 4.95. The first kappa shape index (κ1) is 11.6. The molecule has 2 rings (SSSR count). The Morgan fingerprint density at radius 2 is 1.76 bits per heavy atom. The van der Waals surface area contributed by atoms with Gasteiger partial charge in [0, 0.05) is 18.2 Å². The predicted octanol–water partition coefficient (Wildman–Crippen LogP) is 3.19. The van der Waals surface area contributed by atoms with Crippen LogP contribution in [0.4, 0.5) is 5.82 Å². The van der Waals surface area contributed by atoms with E-state index in [9.17, 15) is 0 Å². The highest BCUT2D eigenvalue weighted by Gasteiger charge is 2.03. The normalized spacial score (nSPS) is 10.3. The van der Waals surface area contributed by atoms with E-state index in [-0.39, 0.29) is 0 Å².